The van der Waals surface area contributed by atoms with Crippen LogP contribution < -0.4 is 5.32 Å². The lowest BCUT2D eigenvalue weighted by Crippen LogP contribution is -2.48. The van der Waals surface area contributed by atoms with E-state index >= 15 is 0 Å². The summed E-state index contributed by atoms with van der Waals surface area (Å²) in [5.74, 6) is 0.199. The van der Waals surface area contributed by atoms with Crippen molar-refractivity contribution in [2.24, 2.45) is 0 Å². The average Bonchev–Trinajstić information content (AvgIpc) is 2.34. The molecule has 0 saturated carbocycles. The molecule has 1 aromatic rings. The normalized spacial score (nSPS) is 19.3. The predicted octanol–water partition coefficient (Wildman–Crippen LogP) is 0.672. The van der Waals surface area contributed by atoms with E-state index in [0.29, 0.717) is 19.4 Å². The summed E-state index contributed by atoms with van der Waals surface area (Å²) < 4.78 is 0. The van der Waals surface area contributed by atoms with Gasteiger partial charge in [-0.3, -0.25) is 9.59 Å². The first-order valence-electron chi connectivity index (χ1n) is 6.36. The molecule has 0 aliphatic carbocycles. The summed E-state index contributed by atoms with van der Waals surface area (Å²) in [6.45, 7) is 0.560. The lowest BCUT2D eigenvalue weighted by molar-refractivity contribution is -0.133. The highest BCUT2D eigenvalue weighted by Crippen LogP contribution is 2.12. The van der Waals surface area contributed by atoms with Gasteiger partial charge in [-0.1, -0.05) is 12.1 Å². The van der Waals surface area contributed by atoms with Crippen molar-refractivity contribution in [2.75, 3.05) is 13.6 Å². The third kappa shape index (κ3) is 3.71. The van der Waals surface area contributed by atoms with Crippen molar-refractivity contribution in [1.82, 2.24) is 10.2 Å². The predicted molar refractivity (Wildman–Crippen MR) is 70.6 cm³/mol. The van der Waals surface area contributed by atoms with E-state index in [9.17, 15) is 14.7 Å². The number of nitrogens with one attached hydrogen (secondary N) is 1. The number of phenols is 1. The van der Waals surface area contributed by atoms with Crippen LogP contribution in [-0.4, -0.2) is 41.5 Å². The van der Waals surface area contributed by atoms with E-state index < -0.39 is 0 Å². The minimum Gasteiger partial charge on any atom is -0.508 e. The quantitative estimate of drug-likeness (QED) is 0.841. The highest BCUT2D eigenvalue weighted by atomic mass is 16.3. The molecule has 2 amide bonds. The Morgan fingerprint density at radius 2 is 2.32 bits per heavy atom. The molecule has 2 rings (SSSR count). The first-order valence-corrected chi connectivity index (χ1v) is 6.36. The van der Waals surface area contributed by atoms with E-state index in [1.54, 1.807) is 36.2 Å². The molecule has 2 N–H and O–H groups in total. The van der Waals surface area contributed by atoms with Gasteiger partial charge in [-0.25, -0.2) is 0 Å². The molecule has 1 unspecified atom stereocenters. The smallest absolute Gasteiger partial charge is 0.224 e. The van der Waals surface area contributed by atoms with Crippen molar-refractivity contribution in [1.29, 1.82) is 0 Å². The molecular formula is C14H18N2O3. The molecule has 102 valence electrons. The van der Waals surface area contributed by atoms with Crippen LogP contribution in [0, 0.1) is 0 Å². The maximum absolute atomic E-state index is 11.9. The molecule has 1 aliphatic heterocycles. The van der Waals surface area contributed by atoms with Crippen LogP contribution in [-0.2, 0) is 16.0 Å². The Morgan fingerprint density at radius 3 is 3.00 bits per heavy atom. The van der Waals surface area contributed by atoms with Crippen molar-refractivity contribution in [3.05, 3.63) is 29.8 Å². The summed E-state index contributed by atoms with van der Waals surface area (Å²) in [5.41, 5.74) is 0.776. The standard InChI is InChI=1S/C14H18N2O3/c1-16-9-11(5-6-14(16)19)15-13(18)8-10-3-2-4-12(17)7-10/h2-4,7,11,17H,5-6,8-9H2,1H3,(H,15,18). The number of aromatic hydroxyl groups is 1. The van der Waals surface area contributed by atoms with Gasteiger partial charge in [0, 0.05) is 26.1 Å². The number of carbonyl (C=O) groups is 2. The van der Waals surface area contributed by atoms with Gasteiger partial charge >= 0.3 is 0 Å². The Balaban J connectivity index is 1.86. The molecule has 0 spiro atoms. The molecular weight excluding hydrogens is 244 g/mol. The summed E-state index contributed by atoms with van der Waals surface area (Å²) in [5, 5.41) is 12.3. The van der Waals surface area contributed by atoms with Crippen LogP contribution in [0.2, 0.25) is 0 Å². The number of amides is 2. The van der Waals surface area contributed by atoms with E-state index in [1.807, 2.05) is 0 Å². The van der Waals surface area contributed by atoms with Crippen LogP contribution >= 0.6 is 0 Å². The van der Waals surface area contributed by atoms with Gasteiger partial charge in [0.15, 0.2) is 0 Å². The molecule has 0 aromatic heterocycles. The summed E-state index contributed by atoms with van der Waals surface area (Å²) in [7, 11) is 1.75. The second-order valence-electron chi connectivity index (χ2n) is 4.92. The minimum atomic E-state index is -0.0849. The molecule has 0 radical (unpaired) electrons. The molecule has 1 aromatic carbocycles. The lowest BCUT2D eigenvalue weighted by Gasteiger charge is -2.30. The van der Waals surface area contributed by atoms with E-state index in [0.717, 1.165) is 5.56 Å². The van der Waals surface area contributed by atoms with Crippen molar-refractivity contribution in [2.45, 2.75) is 25.3 Å². The molecule has 0 bridgehead atoms. The zero-order chi connectivity index (χ0) is 13.8. The molecule has 5 nitrogen and oxygen atoms in total. The van der Waals surface area contributed by atoms with E-state index in [2.05, 4.69) is 5.32 Å². The van der Waals surface area contributed by atoms with Crippen molar-refractivity contribution in [3.63, 3.8) is 0 Å². The van der Waals surface area contributed by atoms with Crippen LogP contribution in [0.5, 0.6) is 5.75 Å². The first-order chi connectivity index (χ1) is 9.04. The van der Waals surface area contributed by atoms with Gasteiger partial charge in [0.1, 0.15) is 5.75 Å². The van der Waals surface area contributed by atoms with E-state index in [1.165, 1.54) is 0 Å². The maximum Gasteiger partial charge on any atom is 0.224 e. The fourth-order valence-corrected chi connectivity index (χ4v) is 2.26. The van der Waals surface area contributed by atoms with E-state index in [-0.39, 0.29) is 30.0 Å². The molecule has 19 heavy (non-hydrogen) atoms. The van der Waals surface area contributed by atoms with Gasteiger partial charge in [0.05, 0.1) is 6.42 Å². The van der Waals surface area contributed by atoms with Crippen LogP contribution in [0.25, 0.3) is 0 Å². The van der Waals surface area contributed by atoms with Gasteiger partial charge in [0.25, 0.3) is 0 Å². The lowest BCUT2D eigenvalue weighted by atomic mass is 10.0. The third-order valence-electron chi connectivity index (χ3n) is 3.27. The number of benzene rings is 1. The number of nitrogens with zero attached hydrogens (tertiary/aromatic N) is 1. The van der Waals surface area contributed by atoms with Gasteiger partial charge in [0.2, 0.25) is 11.8 Å². The highest BCUT2D eigenvalue weighted by Gasteiger charge is 2.23. The first kappa shape index (κ1) is 13.4. The van der Waals surface area contributed by atoms with Gasteiger partial charge < -0.3 is 15.3 Å². The summed E-state index contributed by atoms with van der Waals surface area (Å²) in [6, 6.07) is 6.69. The second kappa shape index (κ2) is 5.73. The average molecular weight is 262 g/mol. The summed E-state index contributed by atoms with van der Waals surface area (Å²) in [6.07, 6.45) is 1.41. The van der Waals surface area contributed by atoms with Crippen LogP contribution in [0.1, 0.15) is 18.4 Å². The Hall–Kier alpha value is -2.04. The van der Waals surface area contributed by atoms with Gasteiger partial charge in [-0.15, -0.1) is 0 Å². The minimum absolute atomic E-state index is 0.0208. The zero-order valence-electron chi connectivity index (χ0n) is 10.9. The summed E-state index contributed by atoms with van der Waals surface area (Å²) in [4.78, 5) is 24.9. The molecule has 1 heterocycles. The SMILES string of the molecule is CN1CC(NC(=O)Cc2cccc(O)c2)CCC1=O. The largest absolute Gasteiger partial charge is 0.508 e. The second-order valence-corrected chi connectivity index (χ2v) is 4.92. The Morgan fingerprint density at radius 1 is 1.53 bits per heavy atom. The van der Waals surface area contributed by atoms with Gasteiger partial charge in [-0.2, -0.15) is 0 Å². The highest BCUT2D eigenvalue weighted by molar-refractivity contribution is 5.80. The topological polar surface area (TPSA) is 69.6 Å². The fraction of sp³-hybridized carbons (Fsp3) is 0.429. The third-order valence-corrected chi connectivity index (χ3v) is 3.27. The number of likely N-dealkylation sites (tertiary alicyclic amines) is 1. The maximum atomic E-state index is 11.9. The van der Waals surface area contributed by atoms with Crippen LogP contribution in [0.15, 0.2) is 24.3 Å². The number of carbonyl (C=O) groups excluding carboxylic acids is 2. The van der Waals surface area contributed by atoms with E-state index in [4.69, 9.17) is 0 Å². The molecule has 1 atom stereocenters. The zero-order valence-corrected chi connectivity index (χ0v) is 10.9. The van der Waals surface area contributed by atoms with Crippen molar-refractivity contribution in [3.8, 4) is 5.75 Å². The molecule has 1 aliphatic rings. The fourth-order valence-electron chi connectivity index (χ4n) is 2.26. The van der Waals surface area contributed by atoms with Crippen molar-refractivity contribution >= 4 is 11.8 Å². The molecule has 1 saturated heterocycles. The number of rotatable bonds is 3. The van der Waals surface area contributed by atoms with Crippen molar-refractivity contribution < 1.29 is 14.7 Å². The Labute approximate surface area is 112 Å². The summed E-state index contributed by atoms with van der Waals surface area (Å²) >= 11 is 0. The van der Waals surface area contributed by atoms with Gasteiger partial charge in [-0.05, 0) is 24.1 Å². The molecule has 1 fully saturated rings. The number of hydrogen-bond donors (Lipinski definition) is 2. The van der Waals surface area contributed by atoms with Crippen LogP contribution in [0.3, 0.4) is 0 Å². The Bertz CT molecular complexity index is 487. The number of piperidine rings is 1. The number of hydrogen-bond acceptors (Lipinski definition) is 3. The molecule has 5 heteroatoms. The number of phenolic OH excluding ortho intramolecular Hbond substituents is 1. The monoisotopic (exact) mass is 262 g/mol. The van der Waals surface area contributed by atoms with Crippen LogP contribution in [0.4, 0.5) is 0 Å². The number of likely N-dealkylation sites (N-methyl/N-ethyl adjacent to an activating group) is 1. The Kier molecular flexibility index (Phi) is 4.04.